The quantitative estimate of drug-likeness (QED) is 0.726. The van der Waals surface area contributed by atoms with Crippen molar-refractivity contribution in [3.05, 3.63) is 41.5 Å². The summed E-state index contributed by atoms with van der Waals surface area (Å²) in [5, 5.41) is 13.3. The van der Waals surface area contributed by atoms with E-state index < -0.39 is 0 Å². The van der Waals surface area contributed by atoms with E-state index in [-0.39, 0.29) is 23.7 Å². The van der Waals surface area contributed by atoms with Gasteiger partial charge in [-0.1, -0.05) is 0 Å². The van der Waals surface area contributed by atoms with Crippen molar-refractivity contribution >= 4 is 17.5 Å². The number of carbonyl (C=O) groups is 2. The number of nitrogens with one attached hydrogen (secondary N) is 3. The molecule has 144 valence electrons. The van der Waals surface area contributed by atoms with Crippen molar-refractivity contribution in [3.63, 3.8) is 0 Å². The van der Waals surface area contributed by atoms with E-state index in [0.29, 0.717) is 31.7 Å². The topological polar surface area (TPSA) is 101 Å². The zero-order valence-corrected chi connectivity index (χ0v) is 16.0. The van der Waals surface area contributed by atoms with Crippen LogP contribution in [0.2, 0.25) is 0 Å². The fraction of sp³-hybridized carbons (Fsp3) is 0.474. The van der Waals surface area contributed by atoms with E-state index >= 15 is 0 Å². The zero-order valence-electron chi connectivity index (χ0n) is 16.0. The van der Waals surface area contributed by atoms with Gasteiger partial charge in [0.05, 0.1) is 41.7 Å². The van der Waals surface area contributed by atoms with Crippen LogP contribution in [-0.4, -0.2) is 39.7 Å². The summed E-state index contributed by atoms with van der Waals surface area (Å²) in [5.41, 5.74) is 3.44. The molecule has 2 aromatic rings. The largest absolute Gasteiger partial charge is 0.350 e. The van der Waals surface area contributed by atoms with Crippen LogP contribution in [0.4, 0.5) is 5.69 Å². The third kappa shape index (κ3) is 4.91. The molecule has 1 saturated heterocycles. The van der Waals surface area contributed by atoms with Crippen LogP contribution in [0.1, 0.15) is 23.5 Å². The Kier molecular flexibility index (Phi) is 5.85. The molecule has 3 heterocycles. The fourth-order valence-corrected chi connectivity index (χ4v) is 3.28. The minimum atomic E-state index is -0.255. The first-order valence-electron chi connectivity index (χ1n) is 9.14. The summed E-state index contributed by atoms with van der Waals surface area (Å²) in [4.78, 5) is 29.2. The summed E-state index contributed by atoms with van der Waals surface area (Å²) in [6.07, 6.45) is 2.16. The Morgan fingerprint density at radius 3 is 2.56 bits per heavy atom. The van der Waals surface area contributed by atoms with Crippen molar-refractivity contribution in [3.8, 4) is 0 Å². The van der Waals surface area contributed by atoms with Crippen LogP contribution in [0.25, 0.3) is 0 Å². The number of hydrogen-bond acceptors (Lipinski definition) is 5. The lowest BCUT2D eigenvalue weighted by Gasteiger charge is -2.28. The summed E-state index contributed by atoms with van der Waals surface area (Å²) < 4.78 is 1.76. The lowest BCUT2D eigenvalue weighted by molar-refractivity contribution is -0.127. The van der Waals surface area contributed by atoms with Gasteiger partial charge in [0.1, 0.15) is 0 Å². The van der Waals surface area contributed by atoms with Crippen LogP contribution in [0, 0.1) is 25.7 Å². The van der Waals surface area contributed by atoms with E-state index in [1.807, 2.05) is 39.1 Å². The Labute approximate surface area is 158 Å². The molecule has 8 heteroatoms. The average molecular weight is 370 g/mol. The predicted octanol–water partition coefficient (Wildman–Crippen LogP) is 0.913. The van der Waals surface area contributed by atoms with Crippen molar-refractivity contribution in [1.29, 1.82) is 0 Å². The van der Waals surface area contributed by atoms with Gasteiger partial charge < -0.3 is 16.0 Å². The fourth-order valence-electron chi connectivity index (χ4n) is 3.28. The molecule has 0 aromatic carbocycles. The van der Waals surface area contributed by atoms with Gasteiger partial charge >= 0.3 is 0 Å². The van der Waals surface area contributed by atoms with Crippen molar-refractivity contribution in [2.24, 2.45) is 18.9 Å². The summed E-state index contributed by atoms with van der Waals surface area (Å²) in [7, 11) is 1.86. The van der Waals surface area contributed by atoms with Crippen LogP contribution in [0.5, 0.6) is 0 Å². The van der Waals surface area contributed by atoms with Gasteiger partial charge in [-0.25, -0.2) is 0 Å². The first kappa shape index (κ1) is 19.0. The number of nitrogens with zero attached hydrogens (tertiary/aromatic N) is 3. The van der Waals surface area contributed by atoms with Gasteiger partial charge in [-0.15, -0.1) is 0 Å². The highest BCUT2D eigenvalue weighted by Crippen LogP contribution is 2.19. The molecule has 3 rings (SSSR count). The monoisotopic (exact) mass is 370 g/mol. The number of pyridine rings is 1. The first-order chi connectivity index (χ1) is 12.9. The van der Waals surface area contributed by atoms with Gasteiger partial charge in [-0.3, -0.25) is 19.3 Å². The summed E-state index contributed by atoms with van der Waals surface area (Å²) in [6, 6.07) is 5.63. The Balaban J connectivity index is 1.53. The smallest absolute Gasteiger partial charge is 0.228 e. The maximum atomic E-state index is 12.5. The van der Waals surface area contributed by atoms with E-state index in [1.165, 1.54) is 0 Å². The molecule has 2 amide bonds. The molecule has 0 radical (unpaired) electrons. The molecule has 0 spiro atoms. The highest BCUT2D eigenvalue weighted by atomic mass is 16.2. The SMILES string of the molecule is Cc1ccc(NC(=O)[C@@H]2CNC[C@H](C(=O)NCc3cc(C)nn3C)C2)cn1. The molecule has 0 unspecified atom stereocenters. The van der Waals surface area contributed by atoms with Crippen LogP contribution in [0.15, 0.2) is 24.4 Å². The maximum Gasteiger partial charge on any atom is 0.228 e. The summed E-state index contributed by atoms with van der Waals surface area (Å²) in [6.45, 7) is 5.39. The Morgan fingerprint density at radius 2 is 1.93 bits per heavy atom. The Morgan fingerprint density at radius 1 is 1.19 bits per heavy atom. The van der Waals surface area contributed by atoms with E-state index in [1.54, 1.807) is 10.9 Å². The van der Waals surface area contributed by atoms with Crippen LogP contribution >= 0.6 is 0 Å². The molecule has 1 fully saturated rings. The molecule has 1 aliphatic rings. The number of rotatable bonds is 5. The second kappa shape index (κ2) is 8.30. The van der Waals surface area contributed by atoms with Gasteiger partial charge in [0.15, 0.2) is 0 Å². The van der Waals surface area contributed by atoms with Gasteiger partial charge in [0.2, 0.25) is 11.8 Å². The first-order valence-corrected chi connectivity index (χ1v) is 9.14. The van der Waals surface area contributed by atoms with Crippen molar-refractivity contribution in [2.45, 2.75) is 26.8 Å². The molecule has 2 atom stereocenters. The molecular weight excluding hydrogens is 344 g/mol. The zero-order chi connectivity index (χ0) is 19.4. The van der Waals surface area contributed by atoms with Crippen molar-refractivity contribution < 1.29 is 9.59 Å². The molecule has 0 aliphatic carbocycles. The maximum absolute atomic E-state index is 12.5. The Hall–Kier alpha value is -2.74. The van der Waals surface area contributed by atoms with Gasteiger partial charge in [0, 0.05) is 25.8 Å². The molecule has 1 aliphatic heterocycles. The predicted molar refractivity (Wildman–Crippen MR) is 102 cm³/mol. The van der Waals surface area contributed by atoms with E-state index in [4.69, 9.17) is 0 Å². The minimum Gasteiger partial charge on any atom is -0.350 e. The van der Waals surface area contributed by atoms with Crippen molar-refractivity contribution in [2.75, 3.05) is 18.4 Å². The van der Waals surface area contributed by atoms with Gasteiger partial charge in [-0.2, -0.15) is 5.10 Å². The number of amides is 2. The number of carbonyl (C=O) groups excluding carboxylic acids is 2. The van der Waals surface area contributed by atoms with Gasteiger partial charge in [-0.05, 0) is 38.5 Å². The molecule has 0 bridgehead atoms. The van der Waals surface area contributed by atoms with Gasteiger partial charge in [0.25, 0.3) is 0 Å². The molecule has 0 saturated carbocycles. The molecule has 3 N–H and O–H groups in total. The number of aromatic nitrogens is 3. The van der Waals surface area contributed by atoms with Crippen molar-refractivity contribution in [1.82, 2.24) is 25.4 Å². The second-order valence-electron chi connectivity index (χ2n) is 7.08. The third-order valence-corrected chi connectivity index (χ3v) is 4.81. The van der Waals surface area contributed by atoms with E-state index in [9.17, 15) is 9.59 Å². The number of hydrogen-bond donors (Lipinski definition) is 3. The number of anilines is 1. The van der Waals surface area contributed by atoms with E-state index in [0.717, 1.165) is 17.1 Å². The number of aryl methyl sites for hydroxylation is 3. The summed E-state index contributed by atoms with van der Waals surface area (Å²) in [5.74, 6) is -0.626. The third-order valence-electron chi connectivity index (χ3n) is 4.81. The van der Waals surface area contributed by atoms with E-state index in [2.05, 4.69) is 26.0 Å². The molecule has 27 heavy (non-hydrogen) atoms. The van der Waals surface area contributed by atoms with Crippen LogP contribution in [0.3, 0.4) is 0 Å². The molecular formula is C19H26N6O2. The highest BCUT2D eigenvalue weighted by Gasteiger charge is 2.31. The minimum absolute atomic E-state index is 0.0455. The molecule has 2 aromatic heterocycles. The average Bonchev–Trinajstić information content (AvgIpc) is 2.99. The highest BCUT2D eigenvalue weighted by molar-refractivity contribution is 5.93. The van der Waals surface area contributed by atoms with Crippen LogP contribution < -0.4 is 16.0 Å². The second-order valence-corrected chi connectivity index (χ2v) is 7.08. The lowest BCUT2D eigenvalue weighted by atomic mass is 9.89. The van der Waals surface area contributed by atoms with Crippen LogP contribution in [-0.2, 0) is 23.2 Å². The normalized spacial score (nSPS) is 19.5. The lowest BCUT2D eigenvalue weighted by Crippen LogP contribution is -2.47. The Bertz CT molecular complexity index is 814. The standard InChI is InChI=1S/C19H26N6O2/c1-12-4-5-16(10-21-12)23-19(27)15-7-14(8-20-9-15)18(26)22-11-17-6-13(2)24-25(17)3/h4-6,10,14-15,20H,7-9,11H2,1-3H3,(H,22,26)(H,23,27)/t14-,15+/m1/s1. The summed E-state index contributed by atoms with van der Waals surface area (Å²) >= 11 is 0. The molecule has 8 nitrogen and oxygen atoms in total. The number of piperidine rings is 1.